The predicted molar refractivity (Wildman–Crippen MR) is 126 cm³/mol. The normalized spacial score (nSPS) is 17.3. The molecule has 1 fully saturated rings. The molecule has 3 aromatic carbocycles. The van der Waals surface area contributed by atoms with Crippen LogP contribution in [0.25, 0.3) is 5.76 Å². The van der Waals surface area contributed by atoms with Crippen LogP contribution in [0.15, 0.2) is 78.4 Å². The van der Waals surface area contributed by atoms with Crippen LogP contribution in [0.3, 0.4) is 0 Å². The summed E-state index contributed by atoms with van der Waals surface area (Å²) in [4.78, 5) is 27.5. The number of hydrogen-bond acceptors (Lipinski definition) is 5. The second-order valence-corrected chi connectivity index (χ2v) is 8.11. The first-order chi connectivity index (χ1) is 16.3. The Bertz CT molecular complexity index is 1250. The number of benzene rings is 3. The number of ketones is 1. The van der Waals surface area contributed by atoms with Crippen LogP contribution in [-0.4, -0.2) is 30.0 Å². The van der Waals surface area contributed by atoms with E-state index >= 15 is 0 Å². The minimum atomic E-state index is -0.959. The summed E-state index contributed by atoms with van der Waals surface area (Å²) in [5.74, 6) is -1.38. The van der Waals surface area contributed by atoms with Crippen molar-refractivity contribution in [3.8, 4) is 11.5 Å². The highest BCUT2D eigenvalue weighted by molar-refractivity contribution is 6.51. The molecule has 7 heteroatoms. The van der Waals surface area contributed by atoms with Crippen molar-refractivity contribution >= 4 is 23.1 Å². The lowest BCUT2D eigenvalue weighted by molar-refractivity contribution is -0.132. The maximum absolute atomic E-state index is 14.0. The highest BCUT2D eigenvalue weighted by Gasteiger charge is 2.47. The van der Waals surface area contributed by atoms with Crippen LogP contribution >= 0.6 is 0 Å². The zero-order valence-electron chi connectivity index (χ0n) is 19.0. The van der Waals surface area contributed by atoms with E-state index in [2.05, 4.69) is 0 Å². The molecule has 1 aliphatic heterocycles. The van der Waals surface area contributed by atoms with Crippen molar-refractivity contribution in [1.82, 2.24) is 0 Å². The quantitative estimate of drug-likeness (QED) is 0.308. The predicted octanol–water partition coefficient (Wildman–Crippen LogP) is 5.25. The standard InChI is InChI=1S/C27H24FNO5/c1-16(2)34-22-13-9-18(10-14-22)25(30)23-24(17-7-11-21(33-3)12-8-17)29(27(32)26(23)31)20-6-4-5-19(28)15-20/h4-16,24,30H,1-3H3/b25-23+. The number of amides is 1. The molecule has 0 bridgehead atoms. The second-order valence-electron chi connectivity index (χ2n) is 8.11. The average molecular weight is 461 g/mol. The van der Waals surface area contributed by atoms with Crippen LogP contribution in [-0.2, 0) is 9.59 Å². The Hall–Kier alpha value is -4.13. The maximum Gasteiger partial charge on any atom is 0.300 e. The van der Waals surface area contributed by atoms with Gasteiger partial charge in [-0.2, -0.15) is 0 Å². The lowest BCUT2D eigenvalue weighted by Gasteiger charge is -2.25. The highest BCUT2D eigenvalue weighted by atomic mass is 19.1. The molecule has 0 radical (unpaired) electrons. The number of aliphatic hydroxyl groups excluding tert-OH is 1. The van der Waals surface area contributed by atoms with Crippen LogP contribution < -0.4 is 14.4 Å². The fraction of sp³-hybridized carbons (Fsp3) is 0.185. The van der Waals surface area contributed by atoms with E-state index < -0.39 is 23.5 Å². The molecule has 34 heavy (non-hydrogen) atoms. The number of hydrogen-bond donors (Lipinski definition) is 1. The largest absolute Gasteiger partial charge is 0.507 e. The Morgan fingerprint density at radius 1 is 0.971 bits per heavy atom. The minimum Gasteiger partial charge on any atom is -0.507 e. The SMILES string of the molecule is COc1ccc(C2/C(=C(\O)c3ccc(OC(C)C)cc3)C(=O)C(=O)N2c2cccc(F)c2)cc1. The molecule has 1 aliphatic rings. The molecule has 6 nitrogen and oxygen atoms in total. The molecule has 1 saturated heterocycles. The second kappa shape index (κ2) is 9.39. The lowest BCUT2D eigenvalue weighted by atomic mass is 9.95. The van der Waals surface area contributed by atoms with Gasteiger partial charge in [-0.3, -0.25) is 14.5 Å². The van der Waals surface area contributed by atoms with E-state index in [0.29, 0.717) is 22.6 Å². The summed E-state index contributed by atoms with van der Waals surface area (Å²) in [6, 6.07) is 17.9. The first kappa shape index (κ1) is 23.0. The van der Waals surface area contributed by atoms with Crippen LogP contribution in [0.4, 0.5) is 10.1 Å². The molecule has 0 saturated carbocycles. The summed E-state index contributed by atoms with van der Waals surface area (Å²) in [6.45, 7) is 3.80. The molecule has 0 spiro atoms. The number of aliphatic hydroxyl groups is 1. The number of ether oxygens (including phenoxy) is 2. The van der Waals surface area contributed by atoms with Gasteiger partial charge in [-0.25, -0.2) is 4.39 Å². The molecular weight excluding hydrogens is 437 g/mol. The van der Waals surface area contributed by atoms with Gasteiger partial charge in [0.2, 0.25) is 0 Å². The Morgan fingerprint density at radius 2 is 1.62 bits per heavy atom. The van der Waals surface area contributed by atoms with Crippen molar-refractivity contribution in [2.75, 3.05) is 12.0 Å². The fourth-order valence-corrected chi connectivity index (χ4v) is 3.95. The van der Waals surface area contributed by atoms with E-state index in [4.69, 9.17) is 9.47 Å². The van der Waals surface area contributed by atoms with E-state index in [1.807, 2.05) is 13.8 Å². The number of anilines is 1. The van der Waals surface area contributed by atoms with Crippen molar-refractivity contribution in [3.05, 3.63) is 95.3 Å². The minimum absolute atomic E-state index is 0.0221. The third-order valence-electron chi connectivity index (χ3n) is 5.46. The van der Waals surface area contributed by atoms with Crippen molar-refractivity contribution in [2.45, 2.75) is 26.0 Å². The lowest BCUT2D eigenvalue weighted by Crippen LogP contribution is -2.29. The summed E-state index contributed by atoms with van der Waals surface area (Å²) in [7, 11) is 1.53. The topological polar surface area (TPSA) is 76.1 Å². The number of carbonyl (C=O) groups excluding carboxylic acids is 2. The van der Waals surface area contributed by atoms with Crippen LogP contribution in [0.2, 0.25) is 0 Å². The van der Waals surface area contributed by atoms with Crippen molar-refractivity contribution in [3.63, 3.8) is 0 Å². The van der Waals surface area contributed by atoms with Gasteiger partial charge in [0.05, 0.1) is 24.8 Å². The molecule has 174 valence electrons. The monoisotopic (exact) mass is 461 g/mol. The number of nitrogens with zero attached hydrogens (tertiary/aromatic N) is 1. The zero-order valence-corrected chi connectivity index (χ0v) is 19.0. The molecular formula is C27H24FNO5. The fourth-order valence-electron chi connectivity index (χ4n) is 3.95. The third-order valence-corrected chi connectivity index (χ3v) is 5.46. The first-order valence-corrected chi connectivity index (χ1v) is 10.8. The molecule has 0 aromatic heterocycles. The van der Waals surface area contributed by atoms with Gasteiger partial charge < -0.3 is 14.6 Å². The molecule has 1 amide bonds. The van der Waals surface area contributed by atoms with Crippen LogP contribution in [0.5, 0.6) is 11.5 Å². The van der Waals surface area contributed by atoms with E-state index in [0.717, 1.165) is 0 Å². The molecule has 4 rings (SSSR count). The van der Waals surface area contributed by atoms with Gasteiger partial charge in [0, 0.05) is 11.3 Å². The number of methoxy groups -OCH3 is 1. The summed E-state index contributed by atoms with van der Waals surface area (Å²) in [6.07, 6.45) is -0.0221. The molecule has 1 unspecified atom stereocenters. The van der Waals surface area contributed by atoms with E-state index in [1.165, 1.54) is 30.2 Å². The maximum atomic E-state index is 14.0. The van der Waals surface area contributed by atoms with Crippen molar-refractivity contribution < 1.29 is 28.6 Å². The average Bonchev–Trinajstić information content (AvgIpc) is 3.09. The van der Waals surface area contributed by atoms with Gasteiger partial charge in [0.15, 0.2) is 0 Å². The smallest absolute Gasteiger partial charge is 0.300 e. The number of halogens is 1. The van der Waals surface area contributed by atoms with Gasteiger partial charge in [0.1, 0.15) is 23.1 Å². The van der Waals surface area contributed by atoms with Gasteiger partial charge >= 0.3 is 0 Å². The van der Waals surface area contributed by atoms with E-state index in [9.17, 15) is 19.1 Å². The summed E-state index contributed by atoms with van der Waals surface area (Å²) < 4.78 is 24.9. The van der Waals surface area contributed by atoms with Gasteiger partial charge in [0.25, 0.3) is 11.7 Å². The van der Waals surface area contributed by atoms with E-state index in [1.54, 1.807) is 54.6 Å². The summed E-state index contributed by atoms with van der Waals surface area (Å²) in [5.41, 5.74) is 1.04. The zero-order chi connectivity index (χ0) is 24.4. The van der Waals surface area contributed by atoms with Crippen LogP contribution in [0, 0.1) is 5.82 Å². The van der Waals surface area contributed by atoms with E-state index in [-0.39, 0.29) is 23.1 Å². The Kier molecular flexibility index (Phi) is 6.36. The van der Waals surface area contributed by atoms with Gasteiger partial charge in [-0.15, -0.1) is 0 Å². The highest BCUT2D eigenvalue weighted by Crippen LogP contribution is 2.42. The molecule has 1 atom stereocenters. The Labute approximate surface area is 196 Å². The Morgan fingerprint density at radius 3 is 2.21 bits per heavy atom. The number of carbonyl (C=O) groups is 2. The summed E-state index contributed by atoms with van der Waals surface area (Å²) in [5, 5.41) is 11.2. The van der Waals surface area contributed by atoms with Crippen molar-refractivity contribution in [1.29, 1.82) is 0 Å². The molecule has 1 N–H and O–H groups in total. The number of Topliss-reactive ketones (excluding diaryl/α,β-unsaturated/α-hetero) is 1. The molecule has 0 aliphatic carbocycles. The van der Waals surface area contributed by atoms with Gasteiger partial charge in [-0.1, -0.05) is 18.2 Å². The Balaban J connectivity index is 1.86. The van der Waals surface area contributed by atoms with Gasteiger partial charge in [-0.05, 0) is 74.0 Å². The van der Waals surface area contributed by atoms with Crippen LogP contribution in [0.1, 0.15) is 31.0 Å². The number of rotatable bonds is 6. The molecule has 1 heterocycles. The first-order valence-electron chi connectivity index (χ1n) is 10.8. The molecule has 3 aromatic rings. The van der Waals surface area contributed by atoms with Crippen molar-refractivity contribution in [2.24, 2.45) is 0 Å². The summed E-state index contributed by atoms with van der Waals surface area (Å²) >= 11 is 0. The third kappa shape index (κ3) is 4.37.